The first kappa shape index (κ1) is 10.4. The summed E-state index contributed by atoms with van der Waals surface area (Å²) >= 11 is 0. The van der Waals surface area contributed by atoms with Crippen LogP contribution in [0.2, 0.25) is 0 Å². The summed E-state index contributed by atoms with van der Waals surface area (Å²) in [6.07, 6.45) is 4.12. The molecule has 1 aliphatic carbocycles. The SMILES string of the molecule is COC1CC(N2CCC(N)C(C)C2)C1. The Labute approximate surface area is 86.6 Å². The summed E-state index contributed by atoms with van der Waals surface area (Å²) in [5.41, 5.74) is 6.00. The van der Waals surface area contributed by atoms with E-state index < -0.39 is 0 Å². The largest absolute Gasteiger partial charge is 0.381 e. The zero-order valence-electron chi connectivity index (χ0n) is 9.28. The molecule has 2 fully saturated rings. The van der Waals surface area contributed by atoms with Gasteiger partial charge in [0.05, 0.1) is 6.10 Å². The monoisotopic (exact) mass is 198 g/mol. The van der Waals surface area contributed by atoms with Crippen molar-refractivity contribution >= 4 is 0 Å². The van der Waals surface area contributed by atoms with Gasteiger partial charge >= 0.3 is 0 Å². The Kier molecular flexibility index (Phi) is 3.10. The molecule has 1 heterocycles. The van der Waals surface area contributed by atoms with Crippen molar-refractivity contribution in [1.82, 2.24) is 4.90 Å². The van der Waals surface area contributed by atoms with Gasteiger partial charge in [-0.15, -0.1) is 0 Å². The average Bonchev–Trinajstić information content (AvgIpc) is 2.09. The van der Waals surface area contributed by atoms with Crippen molar-refractivity contribution in [3.63, 3.8) is 0 Å². The normalized spacial score (nSPS) is 44.8. The van der Waals surface area contributed by atoms with E-state index in [0.717, 1.165) is 12.5 Å². The molecule has 0 bridgehead atoms. The Morgan fingerprint density at radius 3 is 2.64 bits per heavy atom. The van der Waals surface area contributed by atoms with Crippen molar-refractivity contribution < 1.29 is 4.74 Å². The van der Waals surface area contributed by atoms with Gasteiger partial charge in [-0.3, -0.25) is 4.90 Å². The Bertz CT molecular complexity index is 192. The summed E-state index contributed by atoms with van der Waals surface area (Å²) in [7, 11) is 1.82. The molecule has 2 atom stereocenters. The summed E-state index contributed by atoms with van der Waals surface area (Å²) in [4.78, 5) is 2.60. The summed E-state index contributed by atoms with van der Waals surface area (Å²) in [5, 5.41) is 0. The zero-order chi connectivity index (χ0) is 10.1. The smallest absolute Gasteiger partial charge is 0.0601 e. The number of piperidine rings is 1. The first-order chi connectivity index (χ1) is 6.70. The molecule has 0 aromatic carbocycles. The van der Waals surface area contributed by atoms with E-state index >= 15 is 0 Å². The van der Waals surface area contributed by atoms with Gasteiger partial charge in [-0.25, -0.2) is 0 Å². The minimum Gasteiger partial charge on any atom is -0.381 e. The van der Waals surface area contributed by atoms with Gasteiger partial charge in [0.2, 0.25) is 0 Å². The van der Waals surface area contributed by atoms with Crippen LogP contribution in [-0.2, 0) is 4.74 Å². The fourth-order valence-corrected chi connectivity index (χ4v) is 2.56. The Morgan fingerprint density at radius 2 is 2.07 bits per heavy atom. The Hall–Kier alpha value is -0.120. The van der Waals surface area contributed by atoms with E-state index in [1.165, 1.54) is 25.9 Å². The Balaban J connectivity index is 1.78. The second kappa shape index (κ2) is 4.17. The van der Waals surface area contributed by atoms with Crippen LogP contribution in [0.3, 0.4) is 0 Å². The second-order valence-electron chi connectivity index (χ2n) is 4.91. The molecule has 82 valence electrons. The van der Waals surface area contributed by atoms with Crippen molar-refractivity contribution in [3.05, 3.63) is 0 Å². The summed E-state index contributed by atoms with van der Waals surface area (Å²) in [5.74, 6) is 0.658. The lowest BCUT2D eigenvalue weighted by atomic mass is 9.84. The highest BCUT2D eigenvalue weighted by Gasteiger charge is 2.36. The molecule has 0 aromatic rings. The van der Waals surface area contributed by atoms with Gasteiger partial charge in [0.15, 0.2) is 0 Å². The molecule has 2 N–H and O–H groups in total. The van der Waals surface area contributed by atoms with E-state index in [4.69, 9.17) is 10.5 Å². The molecular weight excluding hydrogens is 176 g/mol. The number of likely N-dealkylation sites (tertiary alicyclic amines) is 1. The molecule has 1 aliphatic heterocycles. The molecule has 2 rings (SSSR count). The van der Waals surface area contributed by atoms with Crippen LogP contribution in [0.5, 0.6) is 0 Å². The van der Waals surface area contributed by atoms with E-state index in [0.29, 0.717) is 18.1 Å². The summed E-state index contributed by atoms with van der Waals surface area (Å²) in [6.45, 7) is 4.64. The number of hydrogen-bond donors (Lipinski definition) is 1. The molecule has 1 saturated carbocycles. The standard InChI is InChI=1S/C11H22N2O/c1-8-7-13(4-3-11(8)12)9-5-10(6-9)14-2/h8-11H,3-7,12H2,1-2H3. The fourth-order valence-electron chi connectivity index (χ4n) is 2.56. The van der Waals surface area contributed by atoms with Crippen LogP contribution < -0.4 is 5.73 Å². The van der Waals surface area contributed by atoms with Gasteiger partial charge in [0, 0.05) is 25.7 Å². The van der Waals surface area contributed by atoms with Crippen LogP contribution in [0.4, 0.5) is 0 Å². The lowest BCUT2D eigenvalue weighted by Gasteiger charge is -2.46. The van der Waals surface area contributed by atoms with Crippen LogP contribution in [0.1, 0.15) is 26.2 Å². The molecule has 14 heavy (non-hydrogen) atoms. The number of rotatable bonds is 2. The lowest BCUT2D eigenvalue weighted by molar-refractivity contribution is -0.0396. The maximum atomic E-state index is 6.00. The zero-order valence-corrected chi connectivity index (χ0v) is 9.28. The van der Waals surface area contributed by atoms with Gasteiger partial charge in [-0.05, 0) is 31.7 Å². The van der Waals surface area contributed by atoms with Crippen LogP contribution in [0, 0.1) is 5.92 Å². The highest BCUT2D eigenvalue weighted by Crippen LogP contribution is 2.30. The Morgan fingerprint density at radius 1 is 1.36 bits per heavy atom. The number of methoxy groups -OCH3 is 1. The van der Waals surface area contributed by atoms with Gasteiger partial charge in [0.1, 0.15) is 0 Å². The minimum atomic E-state index is 0.421. The maximum Gasteiger partial charge on any atom is 0.0601 e. The molecule has 2 aliphatic rings. The first-order valence-electron chi connectivity index (χ1n) is 5.73. The van der Waals surface area contributed by atoms with Crippen LogP contribution in [0.25, 0.3) is 0 Å². The third kappa shape index (κ3) is 1.95. The first-order valence-corrected chi connectivity index (χ1v) is 5.73. The predicted octanol–water partition coefficient (Wildman–Crippen LogP) is 0.833. The maximum absolute atomic E-state index is 6.00. The fraction of sp³-hybridized carbons (Fsp3) is 1.00. The third-order valence-electron chi connectivity index (χ3n) is 3.92. The van der Waals surface area contributed by atoms with Gasteiger partial charge in [-0.1, -0.05) is 6.92 Å². The predicted molar refractivity (Wildman–Crippen MR) is 57.1 cm³/mol. The van der Waals surface area contributed by atoms with Crippen molar-refractivity contribution in [2.45, 2.75) is 44.4 Å². The number of hydrogen-bond acceptors (Lipinski definition) is 3. The molecule has 0 spiro atoms. The molecule has 3 heteroatoms. The molecule has 0 amide bonds. The highest BCUT2D eigenvalue weighted by atomic mass is 16.5. The third-order valence-corrected chi connectivity index (χ3v) is 3.92. The van der Waals surface area contributed by atoms with Gasteiger partial charge in [-0.2, -0.15) is 0 Å². The van der Waals surface area contributed by atoms with E-state index in [1.54, 1.807) is 0 Å². The highest BCUT2D eigenvalue weighted by molar-refractivity contribution is 4.92. The molecule has 3 nitrogen and oxygen atoms in total. The van der Waals surface area contributed by atoms with E-state index in [1.807, 2.05) is 7.11 Å². The van der Waals surface area contributed by atoms with E-state index in [-0.39, 0.29) is 0 Å². The van der Waals surface area contributed by atoms with Crippen molar-refractivity contribution in [1.29, 1.82) is 0 Å². The molecule has 1 saturated heterocycles. The van der Waals surface area contributed by atoms with Crippen molar-refractivity contribution in [3.8, 4) is 0 Å². The topological polar surface area (TPSA) is 38.5 Å². The van der Waals surface area contributed by atoms with Crippen LogP contribution in [-0.4, -0.2) is 43.3 Å². The number of nitrogens with two attached hydrogens (primary N) is 1. The van der Waals surface area contributed by atoms with Crippen LogP contribution >= 0.6 is 0 Å². The summed E-state index contributed by atoms with van der Waals surface area (Å²) < 4.78 is 5.30. The molecule has 0 radical (unpaired) electrons. The lowest BCUT2D eigenvalue weighted by Crippen LogP contribution is -2.54. The van der Waals surface area contributed by atoms with Crippen LogP contribution in [0.15, 0.2) is 0 Å². The second-order valence-corrected chi connectivity index (χ2v) is 4.91. The minimum absolute atomic E-state index is 0.421. The van der Waals surface area contributed by atoms with Gasteiger partial charge < -0.3 is 10.5 Å². The van der Waals surface area contributed by atoms with Gasteiger partial charge in [0.25, 0.3) is 0 Å². The van der Waals surface area contributed by atoms with E-state index in [9.17, 15) is 0 Å². The van der Waals surface area contributed by atoms with Crippen molar-refractivity contribution in [2.75, 3.05) is 20.2 Å². The summed E-state index contributed by atoms with van der Waals surface area (Å²) in [6, 6.07) is 1.19. The average molecular weight is 198 g/mol. The number of ether oxygens (including phenoxy) is 1. The van der Waals surface area contributed by atoms with E-state index in [2.05, 4.69) is 11.8 Å². The number of nitrogens with zero attached hydrogens (tertiary/aromatic N) is 1. The molecule has 2 unspecified atom stereocenters. The van der Waals surface area contributed by atoms with Crippen molar-refractivity contribution in [2.24, 2.45) is 11.7 Å². The molecule has 0 aromatic heterocycles. The quantitative estimate of drug-likeness (QED) is 0.714. The molecular formula is C11H22N2O.